The molecule has 0 aromatic heterocycles. The molecule has 0 spiro atoms. The van der Waals surface area contributed by atoms with Crippen LogP contribution in [0, 0.1) is 30.1 Å². The molecular formula is C20H29N3O4. The lowest BCUT2D eigenvalue weighted by Crippen LogP contribution is -2.46. The van der Waals surface area contributed by atoms with Crippen LogP contribution in [0.2, 0.25) is 0 Å². The number of allylic oxidation sites excluding steroid dienone is 1. The Morgan fingerprint density at radius 3 is 2.67 bits per heavy atom. The molecular weight excluding hydrogens is 346 g/mol. The summed E-state index contributed by atoms with van der Waals surface area (Å²) in [5.41, 5.74) is 0.737. The third-order valence-corrected chi connectivity index (χ3v) is 5.27. The molecule has 2 rings (SSSR count). The van der Waals surface area contributed by atoms with Crippen molar-refractivity contribution in [2.24, 2.45) is 17.8 Å². The van der Waals surface area contributed by atoms with Crippen molar-refractivity contribution in [1.82, 2.24) is 15.5 Å². The minimum absolute atomic E-state index is 0.0157. The quantitative estimate of drug-likeness (QED) is 0.467. The number of likely N-dealkylation sites (tertiary alicyclic amines) is 1. The van der Waals surface area contributed by atoms with Gasteiger partial charge in [0.2, 0.25) is 11.8 Å². The van der Waals surface area contributed by atoms with Gasteiger partial charge in [-0.15, -0.1) is 6.42 Å². The molecule has 0 saturated carbocycles. The molecule has 27 heavy (non-hydrogen) atoms. The first kappa shape index (κ1) is 21.0. The van der Waals surface area contributed by atoms with Gasteiger partial charge in [0, 0.05) is 25.2 Å². The summed E-state index contributed by atoms with van der Waals surface area (Å²) in [5, 5.41) is 14.9. The van der Waals surface area contributed by atoms with E-state index >= 15 is 0 Å². The number of hydrogen-bond acceptors (Lipinski definition) is 4. The third kappa shape index (κ3) is 6.10. The first-order chi connectivity index (χ1) is 12.9. The maximum absolute atomic E-state index is 12.7. The smallest absolute Gasteiger partial charge is 0.320 e. The lowest BCUT2D eigenvalue weighted by molar-refractivity contribution is -0.139. The van der Waals surface area contributed by atoms with Gasteiger partial charge in [0.1, 0.15) is 5.92 Å². The number of carboxylic acid groups (broad SMARTS) is 1. The summed E-state index contributed by atoms with van der Waals surface area (Å²) < 4.78 is 0. The van der Waals surface area contributed by atoms with Gasteiger partial charge in [0.15, 0.2) is 0 Å². The number of nitrogens with zero attached hydrogens (tertiary/aromatic N) is 1. The number of aliphatic carboxylic acids is 1. The average Bonchev–Trinajstić information content (AvgIpc) is 2.68. The monoisotopic (exact) mass is 375 g/mol. The van der Waals surface area contributed by atoms with E-state index in [-0.39, 0.29) is 24.3 Å². The van der Waals surface area contributed by atoms with E-state index in [1.807, 2.05) is 6.92 Å². The number of amides is 2. The van der Waals surface area contributed by atoms with Gasteiger partial charge in [-0.2, -0.15) is 0 Å². The predicted molar refractivity (Wildman–Crippen MR) is 102 cm³/mol. The second-order valence-corrected chi connectivity index (χ2v) is 7.33. The topological polar surface area (TPSA) is 98.7 Å². The number of rotatable bonds is 6. The van der Waals surface area contributed by atoms with Crippen LogP contribution in [0.4, 0.5) is 0 Å². The summed E-state index contributed by atoms with van der Waals surface area (Å²) >= 11 is 0. The number of nitrogens with one attached hydrogen (secondary N) is 2. The number of carbonyl (C=O) groups is 3. The Labute approximate surface area is 160 Å². The van der Waals surface area contributed by atoms with E-state index in [2.05, 4.69) is 22.6 Å². The van der Waals surface area contributed by atoms with Crippen molar-refractivity contribution in [3.63, 3.8) is 0 Å². The lowest BCUT2D eigenvalue weighted by Gasteiger charge is -2.32. The van der Waals surface area contributed by atoms with Crippen LogP contribution in [0.5, 0.6) is 0 Å². The minimum atomic E-state index is -1.13. The maximum atomic E-state index is 12.7. The van der Waals surface area contributed by atoms with E-state index in [0.717, 1.165) is 37.9 Å². The first-order valence-electron chi connectivity index (χ1n) is 9.57. The van der Waals surface area contributed by atoms with E-state index in [0.29, 0.717) is 25.4 Å². The highest BCUT2D eigenvalue weighted by Crippen LogP contribution is 2.21. The molecule has 2 aliphatic heterocycles. The Hall–Kier alpha value is -2.33. The number of terminal acetylenes is 1. The fourth-order valence-corrected chi connectivity index (χ4v) is 3.63. The highest BCUT2D eigenvalue weighted by molar-refractivity contribution is 5.93. The Kier molecular flexibility index (Phi) is 7.86. The molecule has 2 amide bonds. The normalized spacial score (nSPS) is 22.6. The number of carboxylic acids is 1. The molecule has 2 aliphatic rings. The fraction of sp³-hybridized carbons (Fsp3) is 0.650. The Bertz CT molecular complexity index is 632. The molecule has 2 heterocycles. The molecule has 0 radical (unpaired) electrons. The molecule has 0 unspecified atom stereocenters. The summed E-state index contributed by atoms with van der Waals surface area (Å²) in [6.07, 6.45) is 10.7. The predicted octanol–water partition coefficient (Wildman–Crippen LogP) is 0.621. The number of carbonyl (C=O) groups excluding carboxylic acids is 2. The van der Waals surface area contributed by atoms with Gasteiger partial charge in [-0.1, -0.05) is 12.0 Å². The Morgan fingerprint density at radius 2 is 2.04 bits per heavy atom. The van der Waals surface area contributed by atoms with Crippen molar-refractivity contribution in [2.75, 3.05) is 32.7 Å². The summed E-state index contributed by atoms with van der Waals surface area (Å²) in [5.74, 6) is -0.177. The highest BCUT2D eigenvalue weighted by atomic mass is 16.4. The molecule has 0 aromatic rings. The van der Waals surface area contributed by atoms with Crippen LogP contribution in [0.25, 0.3) is 0 Å². The van der Waals surface area contributed by atoms with Crippen LogP contribution in [0.15, 0.2) is 11.6 Å². The molecule has 2 saturated heterocycles. The second-order valence-electron chi connectivity index (χ2n) is 7.33. The molecule has 3 N–H and O–H groups in total. The van der Waals surface area contributed by atoms with E-state index in [9.17, 15) is 14.4 Å². The van der Waals surface area contributed by atoms with Crippen molar-refractivity contribution in [2.45, 2.75) is 32.6 Å². The summed E-state index contributed by atoms with van der Waals surface area (Å²) in [4.78, 5) is 37.8. The van der Waals surface area contributed by atoms with Crippen molar-refractivity contribution >= 4 is 17.8 Å². The van der Waals surface area contributed by atoms with Crippen molar-refractivity contribution in [1.29, 1.82) is 0 Å². The molecule has 0 aromatic carbocycles. The van der Waals surface area contributed by atoms with Crippen LogP contribution >= 0.6 is 0 Å². The zero-order valence-corrected chi connectivity index (χ0v) is 15.9. The molecule has 7 heteroatoms. The largest absolute Gasteiger partial charge is 0.480 e. The Balaban J connectivity index is 1.89. The van der Waals surface area contributed by atoms with Crippen molar-refractivity contribution in [3.05, 3.63) is 11.6 Å². The molecule has 0 aliphatic carbocycles. The molecule has 2 atom stereocenters. The van der Waals surface area contributed by atoms with Crippen LogP contribution < -0.4 is 10.6 Å². The Morgan fingerprint density at radius 1 is 1.33 bits per heavy atom. The fourth-order valence-electron chi connectivity index (χ4n) is 3.63. The third-order valence-electron chi connectivity index (χ3n) is 5.27. The van der Waals surface area contributed by atoms with Gasteiger partial charge in [0.25, 0.3) is 0 Å². The van der Waals surface area contributed by atoms with Gasteiger partial charge >= 0.3 is 5.97 Å². The van der Waals surface area contributed by atoms with E-state index in [4.69, 9.17) is 11.5 Å². The van der Waals surface area contributed by atoms with Crippen LogP contribution in [-0.4, -0.2) is 60.5 Å². The standard InChI is InChI=1S/C20H29N3O4/c1-3-16(20(26)27)12-22-18(24)17-5-4-10-23(13-17)19(25)14(2)11-15-6-8-21-9-7-15/h1,11,15-17,21H,4-10,12-13H2,2H3,(H,22,24)(H,26,27)/b14-11+/t16-,17+/m0/s1. The van der Waals surface area contributed by atoms with Crippen LogP contribution in [-0.2, 0) is 14.4 Å². The number of piperidine rings is 2. The summed E-state index contributed by atoms with van der Waals surface area (Å²) in [6.45, 7) is 4.70. The molecule has 0 bridgehead atoms. The van der Waals surface area contributed by atoms with E-state index < -0.39 is 11.9 Å². The highest BCUT2D eigenvalue weighted by Gasteiger charge is 2.29. The number of hydrogen-bond donors (Lipinski definition) is 3. The minimum Gasteiger partial charge on any atom is -0.480 e. The van der Waals surface area contributed by atoms with Gasteiger partial charge in [-0.05, 0) is 51.6 Å². The van der Waals surface area contributed by atoms with Crippen molar-refractivity contribution in [3.8, 4) is 12.3 Å². The molecule has 2 fully saturated rings. The first-order valence-corrected chi connectivity index (χ1v) is 9.57. The van der Waals surface area contributed by atoms with Gasteiger partial charge in [0.05, 0.1) is 5.92 Å². The SMILES string of the molecule is C#C[C@@H](CNC(=O)[C@@H]1CCCN(C(=O)/C(C)=C/C2CCNCC2)C1)C(=O)O. The van der Waals surface area contributed by atoms with Crippen LogP contribution in [0.1, 0.15) is 32.6 Å². The summed E-state index contributed by atoms with van der Waals surface area (Å²) in [6, 6.07) is 0. The van der Waals surface area contributed by atoms with Gasteiger partial charge in [-0.25, -0.2) is 0 Å². The molecule has 7 nitrogen and oxygen atoms in total. The van der Waals surface area contributed by atoms with Crippen molar-refractivity contribution < 1.29 is 19.5 Å². The van der Waals surface area contributed by atoms with Gasteiger partial charge in [-0.3, -0.25) is 14.4 Å². The zero-order chi connectivity index (χ0) is 19.8. The van der Waals surface area contributed by atoms with E-state index in [1.54, 1.807) is 4.90 Å². The second kappa shape index (κ2) is 10.1. The lowest BCUT2D eigenvalue weighted by atomic mass is 9.94. The summed E-state index contributed by atoms with van der Waals surface area (Å²) in [7, 11) is 0. The van der Waals surface area contributed by atoms with Crippen LogP contribution in [0.3, 0.4) is 0 Å². The zero-order valence-electron chi connectivity index (χ0n) is 15.9. The average molecular weight is 375 g/mol. The van der Waals surface area contributed by atoms with Gasteiger partial charge < -0.3 is 20.6 Å². The van der Waals surface area contributed by atoms with E-state index in [1.165, 1.54) is 0 Å². The molecule has 148 valence electrons. The maximum Gasteiger partial charge on any atom is 0.320 e.